The molecule has 184 valence electrons. The van der Waals surface area contributed by atoms with Gasteiger partial charge in [0.25, 0.3) is 0 Å². The van der Waals surface area contributed by atoms with Crippen molar-refractivity contribution in [3.63, 3.8) is 0 Å². The van der Waals surface area contributed by atoms with E-state index in [1.165, 1.54) is 18.2 Å². The van der Waals surface area contributed by atoms with E-state index in [1.54, 1.807) is 24.3 Å². The van der Waals surface area contributed by atoms with Crippen molar-refractivity contribution >= 4 is 18.0 Å². The van der Waals surface area contributed by atoms with Crippen LogP contribution < -0.4 is 10.6 Å². The summed E-state index contributed by atoms with van der Waals surface area (Å²) in [5, 5.41) is 14.6. The zero-order chi connectivity index (χ0) is 25.1. The number of aliphatic hydroxyl groups excluding tert-OH is 1. The molecule has 0 aliphatic carbocycles. The Morgan fingerprint density at radius 2 is 1.68 bits per heavy atom. The van der Waals surface area contributed by atoms with Crippen molar-refractivity contribution in [2.24, 2.45) is 0 Å². The lowest BCUT2D eigenvalue weighted by Gasteiger charge is -2.20. The molecule has 8 nitrogen and oxygen atoms in total. The van der Waals surface area contributed by atoms with Crippen LogP contribution in [0.25, 0.3) is 0 Å². The number of amides is 2. The fourth-order valence-electron chi connectivity index (χ4n) is 3.05. The molecule has 0 fully saturated rings. The summed E-state index contributed by atoms with van der Waals surface area (Å²) in [6, 6.07) is 12.2. The molecule has 0 aromatic heterocycles. The van der Waals surface area contributed by atoms with Crippen LogP contribution in [0.3, 0.4) is 0 Å². The molecule has 2 amide bonds. The summed E-state index contributed by atoms with van der Waals surface area (Å²) < 4.78 is 49.3. The standard InChI is InChI=1S/C23H25F3N2O6/c1-33-21(31)19(11-16-9-5-6-10-18(16)23(24,25)26)28-20(30)12-17(29)13-27-22(32)34-14-15-7-3-2-4-8-15/h2-10,17,19,29H,11-14H2,1H3,(H,27,32)(H,28,30)/t17-,19-/m0/s1. The van der Waals surface area contributed by atoms with Gasteiger partial charge in [0, 0.05) is 13.0 Å². The predicted molar refractivity (Wildman–Crippen MR) is 114 cm³/mol. The van der Waals surface area contributed by atoms with Gasteiger partial charge in [-0.1, -0.05) is 48.5 Å². The van der Waals surface area contributed by atoms with Gasteiger partial charge < -0.3 is 25.2 Å². The third kappa shape index (κ3) is 8.74. The van der Waals surface area contributed by atoms with E-state index in [1.807, 2.05) is 6.07 Å². The number of hydrogen-bond acceptors (Lipinski definition) is 6. The molecule has 0 unspecified atom stereocenters. The van der Waals surface area contributed by atoms with E-state index >= 15 is 0 Å². The van der Waals surface area contributed by atoms with Crippen molar-refractivity contribution < 1.29 is 42.1 Å². The van der Waals surface area contributed by atoms with Crippen molar-refractivity contribution in [1.82, 2.24) is 10.6 Å². The Bertz CT molecular complexity index is 969. The second-order valence-electron chi connectivity index (χ2n) is 7.30. The molecule has 3 N–H and O–H groups in total. The molecule has 2 atom stereocenters. The number of alkyl carbamates (subject to hydrolysis) is 1. The molecule has 11 heteroatoms. The van der Waals surface area contributed by atoms with Gasteiger partial charge in [-0.15, -0.1) is 0 Å². The third-order valence-corrected chi connectivity index (χ3v) is 4.68. The fourth-order valence-corrected chi connectivity index (χ4v) is 3.05. The Labute approximate surface area is 194 Å². The first kappa shape index (κ1) is 26.7. The second kappa shape index (κ2) is 12.6. The molecule has 0 bridgehead atoms. The van der Waals surface area contributed by atoms with Crippen LogP contribution in [0.2, 0.25) is 0 Å². The molecule has 0 heterocycles. The number of ether oxygens (including phenoxy) is 2. The molecular formula is C23H25F3N2O6. The van der Waals surface area contributed by atoms with E-state index in [2.05, 4.69) is 15.4 Å². The van der Waals surface area contributed by atoms with E-state index in [0.717, 1.165) is 18.7 Å². The second-order valence-corrected chi connectivity index (χ2v) is 7.30. The molecule has 34 heavy (non-hydrogen) atoms. The summed E-state index contributed by atoms with van der Waals surface area (Å²) in [6.45, 7) is -0.301. The minimum Gasteiger partial charge on any atom is -0.467 e. The van der Waals surface area contributed by atoms with E-state index < -0.39 is 54.7 Å². The molecule has 0 aliphatic heterocycles. The maximum Gasteiger partial charge on any atom is 0.416 e. The number of benzene rings is 2. The van der Waals surface area contributed by atoms with Crippen LogP contribution in [-0.4, -0.2) is 48.9 Å². The van der Waals surface area contributed by atoms with Crippen molar-refractivity contribution in [3.8, 4) is 0 Å². The van der Waals surface area contributed by atoms with Gasteiger partial charge >= 0.3 is 18.2 Å². The van der Waals surface area contributed by atoms with Crippen molar-refractivity contribution in [3.05, 3.63) is 71.3 Å². The van der Waals surface area contributed by atoms with E-state index in [0.29, 0.717) is 0 Å². The first-order chi connectivity index (χ1) is 16.1. The number of alkyl halides is 3. The van der Waals surface area contributed by atoms with Crippen LogP contribution >= 0.6 is 0 Å². The van der Waals surface area contributed by atoms with Gasteiger partial charge in [0.1, 0.15) is 12.6 Å². The number of methoxy groups -OCH3 is 1. The Hall–Kier alpha value is -3.60. The molecule has 2 aromatic carbocycles. The first-order valence-corrected chi connectivity index (χ1v) is 10.2. The van der Waals surface area contributed by atoms with Crippen LogP contribution in [0.1, 0.15) is 23.1 Å². The lowest BCUT2D eigenvalue weighted by molar-refractivity contribution is -0.146. The number of halogens is 3. The lowest BCUT2D eigenvalue weighted by atomic mass is 9.99. The smallest absolute Gasteiger partial charge is 0.416 e. The highest BCUT2D eigenvalue weighted by Gasteiger charge is 2.34. The van der Waals surface area contributed by atoms with Gasteiger partial charge in [0.05, 0.1) is 25.2 Å². The Morgan fingerprint density at radius 1 is 1.03 bits per heavy atom. The SMILES string of the molecule is COC(=O)[C@H](Cc1ccccc1C(F)(F)F)NC(=O)C[C@H](O)CNC(=O)OCc1ccccc1. The van der Waals surface area contributed by atoms with Gasteiger partial charge in [-0.05, 0) is 17.2 Å². The molecule has 0 aliphatic rings. The molecular weight excluding hydrogens is 457 g/mol. The Kier molecular flexibility index (Phi) is 9.87. The summed E-state index contributed by atoms with van der Waals surface area (Å²) in [4.78, 5) is 36.0. The van der Waals surface area contributed by atoms with Crippen LogP contribution in [0.15, 0.2) is 54.6 Å². The summed E-state index contributed by atoms with van der Waals surface area (Å²) in [7, 11) is 1.04. The highest BCUT2D eigenvalue weighted by molar-refractivity contribution is 5.85. The van der Waals surface area contributed by atoms with Crippen LogP contribution in [0, 0.1) is 0 Å². The van der Waals surface area contributed by atoms with Crippen LogP contribution in [0.5, 0.6) is 0 Å². The number of rotatable bonds is 10. The normalized spacial score (nSPS) is 12.9. The molecule has 2 rings (SSSR count). The topological polar surface area (TPSA) is 114 Å². The molecule has 0 saturated heterocycles. The molecule has 0 saturated carbocycles. The quantitative estimate of drug-likeness (QED) is 0.449. The largest absolute Gasteiger partial charge is 0.467 e. The lowest BCUT2D eigenvalue weighted by Crippen LogP contribution is -2.45. The summed E-state index contributed by atoms with van der Waals surface area (Å²) in [5.41, 5.74) is -0.371. The monoisotopic (exact) mass is 482 g/mol. The number of nitrogens with one attached hydrogen (secondary N) is 2. The maximum atomic E-state index is 13.2. The van der Waals surface area contributed by atoms with Crippen molar-refractivity contribution in [2.45, 2.75) is 37.8 Å². The highest BCUT2D eigenvalue weighted by atomic mass is 19.4. The van der Waals surface area contributed by atoms with Gasteiger partial charge in [-0.3, -0.25) is 4.79 Å². The Balaban J connectivity index is 1.87. The molecule has 2 aromatic rings. The summed E-state index contributed by atoms with van der Waals surface area (Å²) in [5.74, 6) is -1.76. The van der Waals surface area contributed by atoms with Crippen LogP contribution in [0.4, 0.5) is 18.0 Å². The van der Waals surface area contributed by atoms with Gasteiger partial charge in [0.2, 0.25) is 5.91 Å². The minimum atomic E-state index is -4.64. The van der Waals surface area contributed by atoms with Gasteiger partial charge in [-0.2, -0.15) is 13.2 Å². The molecule has 0 spiro atoms. The van der Waals surface area contributed by atoms with Gasteiger partial charge in [-0.25, -0.2) is 9.59 Å². The number of esters is 1. The average molecular weight is 482 g/mol. The zero-order valence-electron chi connectivity index (χ0n) is 18.3. The van der Waals surface area contributed by atoms with E-state index in [4.69, 9.17) is 4.74 Å². The number of hydrogen-bond donors (Lipinski definition) is 3. The fraction of sp³-hybridized carbons (Fsp3) is 0.348. The van der Waals surface area contributed by atoms with Crippen molar-refractivity contribution in [1.29, 1.82) is 0 Å². The highest BCUT2D eigenvalue weighted by Crippen LogP contribution is 2.32. The first-order valence-electron chi connectivity index (χ1n) is 10.2. The zero-order valence-corrected chi connectivity index (χ0v) is 18.3. The van der Waals surface area contributed by atoms with E-state index in [-0.39, 0.29) is 18.7 Å². The predicted octanol–water partition coefficient (Wildman–Crippen LogP) is 2.58. The number of carbonyl (C=O) groups is 3. The van der Waals surface area contributed by atoms with E-state index in [9.17, 15) is 32.7 Å². The number of carbonyl (C=O) groups excluding carboxylic acids is 3. The van der Waals surface area contributed by atoms with Crippen molar-refractivity contribution in [2.75, 3.05) is 13.7 Å². The number of aliphatic hydroxyl groups is 1. The summed E-state index contributed by atoms with van der Waals surface area (Å²) in [6.07, 6.45) is -7.76. The summed E-state index contributed by atoms with van der Waals surface area (Å²) >= 11 is 0. The molecule has 0 radical (unpaired) electrons. The maximum absolute atomic E-state index is 13.2. The minimum absolute atomic E-state index is 0.0173. The third-order valence-electron chi connectivity index (χ3n) is 4.68. The van der Waals surface area contributed by atoms with Crippen LogP contribution in [-0.2, 0) is 38.3 Å². The Morgan fingerprint density at radius 3 is 2.32 bits per heavy atom. The van der Waals surface area contributed by atoms with Gasteiger partial charge in [0.15, 0.2) is 0 Å². The average Bonchev–Trinajstić information content (AvgIpc) is 2.80.